The highest BCUT2D eigenvalue weighted by molar-refractivity contribution is 6.62. The number of ether oxygens (including phenoxy) is 1. The van der Waals surface area contributed by atoms with E-state index in [4.69, 9.17) is 14.0 Å². The maximum absolute atomic E-state index is 14.9. The van der Waals surface area contributed by atoms with E-state index in [1.165, 1.54) is 0 Å². The second-order valence-electron chi connectivity index (χ2n) is 9.89. The summed E-state index contributed by atoms with van der Waals surface area (Å²) in [7, 11) is -1.51. The summed E-state index contributed by atoms with van der Waals surface area (Å²) in [6.07, 6.45) is -6.08. The third-order valence-electron chi connectivity index (χ3n) is 5.92. The fraction of sp³-hybridized carbons (Fsp3) is 0.667. The number of amides is 1. The van der Waals surface area contributed by atoms with Crippen LogP contribution in [0.5, 0.6) is 0 Å². The zero-order valence-electron chi connectivity index (χ0n) is 19.2. The van der Waals surface area contributed by atoms with Gasteiger partial charge in [-0.1, -0.05) is 20.8 Å². The number of nitrogens with one attached hydrogen (secondary N) is 1. The van der Waals surface area contributed by atoms with Crippen molar-refractivity contribution in [3.63, 3.8) is 0 Å². The summed E-state index contributed by atoms with van der Waals surface area (Å²) in [5.41, 5.74) is -4.15. The predicted molar refractivity (Wildman–Crippen MR) is 109 cm³/mol. The van der Waals surface area contributed by atoms with Crippen LogP contribution in [0.2, 0.25) is 0 Å². The van der Waals surface area contributed by atoms with Gasteiger partial charge >= 0.3 is 19.4 Å². The van der Waals surface area contributed by atoms with Crippen molar-refractivity contribution in [1.29, 1.82) is 0 Å². The third-order valence-corrected chi connectivity index (χ3v) is 5.92. The molecule has 1 unspecified atom stereocenters. The second-order valence-corrected chi connectivity index (χ2v) is 9.89. The lowest BCUT2D eigenvalue weighted by Gasteiger charge is -2.32. The molecule has 1 aromatic rings. The van der Waals surface area contributed by atoms with E-state index in [1.54, 1.807) is 34.6 Å². The summed E-state index contributed by atoms with van der Waals surface area (Å²) in [6, 6.07) is 1.72. The lowest BCUT2D eigenvalue weighted by Crippen LogP contribution is -2.41. The number of benzene rings is 1. The van der Waals surface area contributed by atoms with Gasteiger partial charge in [0.1, 0.15) is 11.9 Å². The number of hydrogen-bond donors (Lipinski definition) is 1. The monoisotopic (exact) mass is 447 g/mol. The summed E-state index contributed by atoms with van der Waals surface area (Å²) < 4.78 is 72.6. The quantitative estimate of drug-likeness (QED) is 0.532. The molecule has 1 aromatic carbocycles. The largest absolute Gasteiger partial charge is 0.498 e. The Hall–Kier alpha value is -1.81. The number of carbonyl (C=O) groups is 1. The molecule has 31 heavy (non-hydrogen) atoms. The molecule has 0 spiro atoms. The molecule has 0 aliphatic carbocycles. The van der Waals surface area contributed by atoms with Gasteiger partial charge < -0.3 is 19.4 Å². The van der Waals surface area contributed by atoms with Gasteiger partial charge in [-0.15, -0.1) is 0 Å². The average Bonchev–Trinajstić information content (AvgIpc) is 2.78. The molecule has 1 N–H and O–H groups in total. The summed E-state index contributed by atoms with van der Waals surface area (Å²) in [5.74, 6) is -1.12. The van der Waals surface area contributed by atoms with Crippen molar-refractivity contribution in [1.82, 2.24) is 5.32 Å². The molecule has 0 aromatic heterocycles. The first kappa shape index (κ1) is 25.5. The molecule has 5 nitrogen and oxygen atoms in total. The van der Waals surface area contributed by atoms with E-state index in [1.807, 2.05) is 20.8 Å². The summed E-state index contributed by atoms with van der Waals surface area (Å²) in [4.78, 5) is 12.0. The topological polar surface area (TPSA) is 56.8 Å². The average molecular weight is 447 g/mol. The fourth-order valence-corrected chi connectivity index (χ4v) is 2.76. The summed E-state index contributed by atoms with van der Waals surface area (Å²) in [6.45, 7) is 13.7. The zero-order chi connectivity index (χ0) is 24.0. The minimum atomic E-state index is -4.85. The highest BCUT2D eigenvalue weighted by atomic mass is 19.4. The number of hydrogen-bond acceptors (Lipinski definition) is 4. The zero-order valence-corrected chi connectivity index (χ0v) is 19.2. The normalized spacial score (nSPS) is 19.3. The van der Waals surface area contributed by atoms with E-state index in [-0.39, 0.29) is 17.5 Å². The van der Waals surface area contributed by atoms with Crippen LogP contribution >= 0.6 is 0 Å². The van der Waals surface area contributed by atoms with Crippen molar-refractivity contribution in [3.05, 3.63) is 29.1 Å². The molecule has 1 atom stereocenters. The van der Waals surface area contributed by atoms with Gasteiger partial charge in [0.25, 0.3) is 0 Å². The summed E-state index contributed by atoms with van der Waals surface area (Å²) >= 11 is 0. The van der Waals surface area contributed by atoms with E-state index in [0.29, 0.717) is 0 Å². The van der Waals surface area contributed by atoms with Gasteiger partial charge in [-0.25, -0.2) is 9.18 Å². The van der Waals surface area contributed by atoms with Crippen LogP contribution in [-0.2, 0) is 26.8 Å². The van der Waals surface area contributed by atoms with Crippen LogP contribution in [0.25, 0.3) is 0 Å². The van der Waals surface area contributed by atoms with Crippen LogP contribution in [0.15, 0.2) is 12.1 Å². The van der Waals surface area contributed by atoms with Gasteiger partial charge in [0.15, 0.2) is 0 Å². The first-order valence-corrected chi connectivity index (χ1v) is 10.0. The molecule has 2 rings (SSSR count). The van der Waals surface area contributed by atoms with E-state index in [9.17, 15) is 22.4 Å². The number of rotatable bonds is 4. The molecule has 1 aliphatic rings. The number of carbonyl (C=O) groups excluding carboxylic acids is 1. The van der Waals surface area contributed by atoms with E-state index in [2.05, 4.69) is 5.32 Å². The van der Waals surface area contributed by atoms with E-state index < -0.39 is 53.5 Å². The predicted octanol–water partition coefficient (Wildman–Crippen LogP) is 4.80. The van der Waals surface area contributed by atoms with Crippen LogP contribution in [0.4, 0.5) is 22.4 Å². The van der Waals surface area contributed by atoms with Gasteiger partial charge in [-0.3, -0.25) is 0 Å². The van der Waals surface area contributed by atoms with Crippen LogP contribution in [0, 0.1) is 11.2 Å². The minimum absolute atomic E-state index is 0.0644. The van der Waals surface area contributed by atoms with Crippen molar-refractivity contribution in [2.75, 3.05) is 0 Å². The van der Waals surface area contributed by atoms with Crippen LogP contribution in [-0.4, -0.2) is 30.5 Å². The first-order chi connectivity index (χ1) is 13.8. The maximum atomic E-state index is 14.9. The van der Waals surface area contributed by atoms with Crippen molar-refractivity contribution in [3.8, 4) is 0 Å². The van der Waals surface area contributed by atoms with E-state index >= 15 is 0 Å². The molecule has 1 aliphatic heterocycles. The first-order valence-electron chi connectivity index (χ1n) is 10.0. The Labute approximate surface area is 181 Å². The number of alkyl carbamates (subject to hydrolysis) is 1. The minimum Gasteiger partial charge on any atom is -0.446 e. The van der Waals surface area contributed by atoms with Gasteiger partial charge in [0, 0.05) is 12.0 Å². The standard InChI is InChI=1S/C21H30BF4NO4/c1-12(18(2,3)4)29-17(28)27-11-13-9-14(21(24,25)26)16(15(23)10-13)22-30-19(5,6)20(7,8)31-22/h9-10,12H,11H2,1-8H3,(H,27,28). The molecule has 1 fully saturated rings. The van der Waals surface area contributed by atoms with E-state index in [0.717, 1.165) is 12.1 Å². The van der Waals surface area contributed by atoms with Crippen molar-refractivity contribution < 1.29 is 36.4 Å². The molecule has 174 valence electrons. The Morgan fingerprint density at radius 1 is 1.13 bits per heavy atom. The highest BCUT2D eigenvalue weighted by Crippen LogP contribution is 2.38. The molecule has 0 bridgehead atoms. The number of alkyl halides is 3. The molecule has 0 radical (unpaired) electrons. The molecular weight excluding hydrogens is 417 g/mol. The van der Waals surface area contributed by atoms with Gasteiger partial charge in [0.05, 0.1) is 16.8 Å². The van der Waals surface area contributed by atoms with Crippen molar-refractivity contribution in [2.24, 2.45) is 5.41 Å². The lowest BCUT2D eigenvalue weighted by molar-refractivity contribution is -0.137. The fourth-order valence-electron chi connectivity index (χ4n) is 2.76. The van der Waals surface area contributed by atoms with Gasteiger partial charge in [-0.2, -0.15) is 13.2 Å². The smallest absolute Gasteiger partial charge is 0.446 e. The molecule has 1 heterocycles. The van der Waals surface area contributed by atoms with Crippen molar-refractivity contribution in [2.45, 2.75) is 85.4 Å². The van der Waals surface area contributed by atoms with Crippen molar-refractivity contribution >= 4 is 18.7 Å². The molecule has 10 heteroatoms. The van der Waals surface area contributed by atoms with Gasteiger partial charge in [0.2, 0.25) is 0 Å². The molecule has 0 saturated carbocycles. The van der Waals surface area contributed by atoms with Crippen LogP contribution < -0.4 is 10.8 Å². The third kappa shape index (κ3) is 5.71. The highest BCUT2D eigenvalue weighted by Gasteiger charge is 2.54. The van der Waals surface area contributed by atoms with Crippen LogP contribution in [0.3, 0.4) is 0 Å². The molecular formula is C21H30BF4NO4. The van der Waals surface area contributed by atoms with Crippen LogP contribution in [0.1, 0.15) is 66.5 Å². The SMILES string of the molecule is CC(OC(=O)NCc1cc(F)c(B2OC(C)(C)C(C)(C)O2)c(C(F)(F)F)c1)C(C)(C)C. The Morgan fingerprint density at radius 3 is 2.10 bits per heavy atom. The Balaban J connectivity index is 2.28. The lowest BCUT2D eigenvalue weighted by atomic mass is 9.74. The summed E-state index contributed by atoms with van der Waals surface area (Å²) in [5, 5.41) is 2.37. The Bertz CT molecular complexity index is 818. The molecule has 1 amide bonds. The molecule has 1 saturated heterocycles. The number of halogens is 4. The maximum Gasteiger partial charge on any atom is 0.498 e. The van der Waals surface area contributed by atoms with Gasteiger partial charge in [-0.05, 0) is 57.7 Å². The Morgan fingerprint density at radius 2 is 1.65 bits per heavy atom. The Kier molecular flexibility index (Phi) is 6.80. The second kappa shape index (κ2) is 8.28.